The molecule has 0 saturated carbocycles. The van der Waals surface area contributed by atoms with Gasteiger partial charge in [-0.2, -0.15) is 4.31 Å². The second-order valence-electron chi connectivity index (χ2n) is 6.54. The van der Waals surface area contributed by atoms with Crippen molar-refractivity contribution in [2.24, 2.45) is 0 Å². The van der Waals surface area contributed by atoms with E-state index >= 15 is 0 Å². The molecule has 1 amide bonds. The van der Waals surface area contributed by atoms with Crippen LogP contribution in [-0.2, 0) is 19.6 Å². The smallest absolute Gasteiger partial charge is 0.243 e. The molecule has 0 N–H and O–H groups in total. The minimum Gasteiger partial charge on any atom is -0.378 e. The van der Waals surface area contributed by atoms with Crippen LogP contribution in [0, 0.1) is 6.92 Å². The third-order valence-corrected chi connectivity index (χ3v) is 7.34. The molecule has 2 aliphatic heterocycles. The minimum atomic E-state index is -3.58. The first-order valence-electron chi connectivity index (χ1n) is 8.73. The van der Waals surface area contributed by atoms with Gasteiger partial charge in [-0.15, -0.1) is 0 Å². The molecule has 0 unspecified atom stereocenters. The Labute approximate surface area is 159 Å². The number of ether oxygens (including phenoxy) is 1. The van der Waals surface area contributed by atoms with Gasteiger partial charge in [-0.3, -0.25) is 9.69 Å². The Bertz CT molecular complexity index is 757. The van der Waals surface area contributed by atoms with E-state index < -0.39 is 10.0 Å². The summed E-state index contributed by atoms with van der Waals surface area (Å²) in [5, 5.41) is 0.445. The van der Waals surface area contributed by atoms with Crippen molar-refractivity contribution in [1.82, 2.24) is 14.1 Å². The van der Waals surface area contributed by atoms with Crippen molar-refractivity contribution in [2.45, 2.75) is 11.8 Å². The third-order valence-electron chi connectivity index (χ3n) is 4.89. The summed E-state index contributed by atoms with van der Waals surface area (Å²) in [4.78, 5) is 16.4. The summed E-state index contributed by atoms with van der Waals surface area (Å²) in [7, 11) is -3.58. The first-order chi connectivity index (χ1) is 12.4. The van der Waals surface area contributed by atoms with E-state index in [-0.39, 0.29) is 10.8 Å². The molecule has 9 heteroatoms. The third kappa shape index (κ3) is 4.20. The molecule has 3 rings (SSSR count). The van der Waals surface area contributed by atoms with Gasteiger partial charge in [0, 0.05) is 44.3 Å². The van der Waals surface area contributed by atoms with Crippen LogP contribution in [0.3, 0.4) is 0 Å². The number of nitrogens with zero attached hydrogens (tertiary/aromatic N) is 3. The van der Waals surface area contributed by atoms with Crippen molar-refractivity contribution in [1.29, 1.82) is 0 Å². The number of benzene rings is 1. The largest absolute Gasteiger partial charge is 0.378 e. The molecule has 2 saturated heterocycles. The zero-order valence-corrected chi connectivity index (χ0v) is 16.4. The molecule has 0 bridgehead atoms. The van der Waals surface area contributed by atoms with Gasteiger partial charge in [0.2, 0.25) is 15.9 Å². The number of carbonyl (C=O) groups excluding carboxylic acids is 1. The SMILES string of the molecule is Cc1c(Cl)cccc1S(=O)(=O)N1CCN(CC(=O)N2CCOCC2)CC1. The highest BCUT2D eigenvalue weighted by Gasteiger charge is 2.31. The summed E-state index contributed by atoms with van der Waals surface area (Å²) in [6.45, 7) is 6.26. The molecule has 0 radical (unpaired) electrons. The Morgan fingerprint density at radius 2 is 1.77 bits per heavy atom. The Morgan fingerprint density at radius 3 is 2.42 bits per heavy atom. The first kappa shape index (κ1) is 19.6. The average molecular weight is 402 g/mol. The molecule has 0 aliphatic carbocycles. The fraction of sp³-hybridized carbons (Fsp3) is 0.588. The van der Waals surface area contributed by atoms with Crippen molar-refractivity contribution in [3.63, 3.8) is 0 Å². The van der Waals surface area contributed by atoms with Crippen molar-refractivity contribution < 1.29 is 17.9 Å². The van der Waals surface area contributed by atoms with E-state index in [0.29, 0.717) is 69.6 Å². The summed E-state index contributed by atoms with van der Waals surface area (Å²) in [5.74, 6) is 0.0790. The van der Waals surface area contributed by atoms with E-state index in [2.05, 4.69) is 0 Å². The van der Waals surface area contributed by atoms with Gasteiger partial charge >= 0.3 is 0 Å². The summed E-state index contributed by atoms with van der Waals surface area (Å²) < 4.78 is 32.5. The van der Waals surface area contributed by atoms with Crippen molar-refractivity contribution in [3.8, 4) is 0 Å². The lowest BCUT2D eigenvalue weighted by Crippen LogP contribution is -2.52. The van der Waals surface area contributed by atoms with E-state index in [0.717, 1.165) is 0 Å². The van der Waals surface area contributed by atoms with Crippen molar-refractivity contribution in [3.05, 3.63) is 28.8 Å². The topological polar surface area (TPSA) is 70.2 Å². The molecule has 1 aromatic rings. The molecule has 26 heavy (non-hydrogen) atoms. The molecule has 0 aromatic heterocycles. The number of hydrogen-bond acceptors (Lipinski definition) is 5. The quantitative estimate of drug-likeness (QED) is 0.746. The maximum atomic E-state index is 12.9. The maximum Gasteiger partial charge on any atom is 0.243 e. The Morgan fingerprint density at radius 1 is 1.12 bits per heavy atom. The van der Waals surface area contributed by atoms with Gasteiger partial charge in [-0.1, -0.05) is 17.7 Å². The summed E-state index contributed by atoms with van der Waals surface area (Å²) >= 11 is 6.07. The molecule has 2 heterocycles. The zero-order valence-electron chi connectivity index (χ0n) is 14.9. The molecule has 2 aliphatic rings. The summed E-state index contributed by atoms with van der Waals surface area (Å²) in [5.41, 5.74) is 0.569. The molecule has 2 fully saturated rings. The number of piperazine rings is 1. The lowest BCUT2D eigenvalue weighted by atomic mass is 10.2. The van der Waals surface area contributed by atoms with E-state index in [1.807, 2.05) is 9.80 Å². The van der Waals surface area contributed by atoms with Crippen LogP contribution >= 0.6 is 11.6 Å². The maximum absolute atomic E-state index is 12.9. The normalized spacial score (nSPS) is 20.3. The number of morpholine rings is 1. The van der Waals surface area contributed by atoms with Gasteiger partial charge in [0.15, 0.2) is 0 Å². The molecule has 0 spiro atoms. The number of rotatable bonds is 4. The predicted molar refractivity (Wildman–Crippen MR) is 98.8 cm³/mol. The average Bonchev–Trinajstić information content (AvgIpc) is 2.65. The van der Waals surface area contributed by atoms with Crippen LogP contribution in [0.5, 0.6) is 0 Å². The lowest BCUT2D eigenvalue weighted by Gasteiger charge is -2.35. The first-order valence-corrected chi connectivity index (χ1v) is 10.5. The Balaban J connectivity index is 1.59. The summed E-state index contributed by atoms with van der Waals surface area (Å²) in [6.07, 6.45) is 0. The van der Waals surface area contributed by atoms with E-state index in [1.54, 1.807) is 25.1 Å². The van der Waals surface area contributed by atoms with Crippen LogP contribution in [-0.4, -0.2) is 87.5 Å². The van der Waals surface area contributed by atoms with Crippen LogP contribution in [0.15, 0.2) is 23.1 Å². The molecule has 1 aromatic carbocycles. The van der Waals surface area contributed by atoms with Crippen LogP contribution < -0.4 is 0 Å². The monoisotopic (exact) mass is 401 g/mol. The summed E-state index contributed by atoms with van der Waals surface area (Å²) in [6, 6.07) is 4.93. The van der Waals surface area contributed by atoms with Gasteiger partial charge < -0.3 is 9.64 Å². The van der Waals surface area contributed by atoms with Crippen LogP contribution in [0.4, 0.5) is 0 Å². The zero-order chi connectivity index (χ0) is 18.7. The molecular formula is C17H24ClN3O4S. The molecule has 144 valence electrons. The molecular weight excluding hydrogens is 378 g/mol. The van der Waals surface area contributed by atoms with E-state index in [1.165, 1.54) is 4.31 Å². The van der Waals surface area contributed by atoms with Crippen LogP contribution in [0.1, 0.15) is 5.56 Å². The minimum absolute atomic E-state index is 0.0790. The fourth-order valence-corrected chi connectivity index (χ4v) is 5.14. The fourth-order valence-electron chi connectivity index (χ4n) is 3.24. The van der Waals surface area contributed by atoms with Crippen molar-refractivity contribution >= 4 is 27.5 Å². The Kier molecular flexibility index (Phi) is 6.19. The van der Waals surface area contributed by atoms with Gasteiger partial charge in [0.1, 0.15) is 0 Å². The second-order valence-corrected chi connectivity index (χ2v) is 8.85. The number of halogens is 1. The highest BCUT2D eigenvalue weighted by Crippen LogP contribution is 2.26. The number of sulfonamides is 1. The highest BCUT2D eigenvalue weighted by atomic mass is 35.5. The molecule has 7 nitrogen and oxygen atoms in total. The Hall–Kier alpha value is -1.19. The van der Waals surface area contributed by atoms with Gasteiger partial charge in [-0.25, -0.2) is 8.42 Å². The van der Waals surface area contributed by atoms with Crippen molar-refractivity contribution in [2.75, 3.05) is 59.0 Å². The van der Waals surface area contributed by atoms with Gasteiger partial charge in [0.25, 0.3) is 0 Å². The van der Waals surface area contributed by atoms with Gasteiger partial charge in [0.05, 0.1) is 24.7 Å². The second kappa shape index (κ2) is 8.22. The van der Waals surface area contributed by atoms with E-state index in [9.17, 15) is 13.2 Å². The van der Waals surface area contributed by atoms with Crippen LogP contribution in [0.2, 0.25) is 5.02 Å². The lowest BCUT2D eigenvalue weighted by molar-refractivity contribution is -0.136. The van der Waals surface area contributed by atoms with E-state index in [4.69, 9.17) is 16.3 Å². The number of hydrogen-bond donors (Lipinski definition) is 0. The predicted octanol–water partition coefficient (Wildman–Crippen LogP) is 0.814. The molecule has 0 atom stereocenters. The number of amides is 1. The number of carbonyl (C=O) groups is 1. The van der Waals surface area contributed by atoms with Crippen LogP contribution in [0.25, 0.3) is 0 Å². The van der Waals surface area contributed by atoms with Gasteiger partial charge in [-0.05, 0) is 24.6 Å². The highest BCUT2D eigenvalue weighted by molar-refractivity contribution is 7.89. The standard InChI is InChI=1S/C17H24ClN3O4S/c1-14-15(18)3-2-4-16(14)26(23,24)21-7-5-19(6-8-21)13-17(22)20-9-11-25-12-10-20/h2-4H,5-13H2,1H3.